The Kier molecular flexibility index (Phi) is 56.6. The lowest BCUT2D eigenvalue weighted by Crippen LogP contribution is -2.23. The third kappa shape index (κ3) is 45.0. The number of para-hydroxylation sites is 6. The molecule has 0 aromatic heterocycles. The summed E-state index contributed by atoms with van der Waals surface area (Å²) in [6, 6.07) is 39.8. The molecule has 6 atom stereocenters. The summed E-state index contributed by atoms with van der Waals surface area (Å²) in [4.78, 5) is 142. The molecule has 132 heavy (non-hydrogen) atoms. The molecule has 6 aromatic carbocycles. The van der Waals surface area contributed by atoms with Gasteiger partial charge in [-0.2, -0.15) is 0 Å². The number of aromatic carboxylic acids is 1. The molecule has 720 valence electrons. The number of nitrogens with zero attached hydrogens (tertiary/aromatic N) is 1. The number of methoxy groups -OCH3 is 1. The van der Waals surface area contributed by atoms with E-state index >= 15 is 0 Å². The van der Waals surface area contributed by atoms with E-state index in [0.717, 1.165) is 134 Å². The van der Waals surface area contributed by atoms with Gasteiger partial charge in [-0.15, -0.1) is 0 Å². The SMILES string of the molecule is CCOC(=O)c1ccccc1OC(=O)CCCC[C@H]1CCSS1.CN(C)C(=O)c1ccccc1OC(=O)CCCC[C@H]1CCSS1.CNC(=O)c1ccccc1OC(=O)CCCC[C@H]1CCSS1.COC(=O)c1ccccc1OC(=O)CCCC[C@H]1CCSS1.NC(=O)c1ccccc1OC(=O)CCCC[C@H]1CCSS1.O=C(CCCC[C@H]1CCSS1)Oc1ccccc1C(=O)O. The third-order valence-corrected chi connectivity index (χ3v) is 38.5. The number of primary amides is 1. The van der Waals surface area contributed by atoms with Gasteiger partial charge in [-0.05, 0) is 195 Å². The number of unbranched alkanes of at least 4 members (excludes halogenated alkanes) is 6. The van der Waals surface area contributed by atoms with Crippen LogP contribution in [-0.4, -0.2) is 182 Å². The van der Waals surface area contributed by atoms with Crippen molar-refractivity contribution >= 4 is 201 Å². The largest absolute Gasteiger partial charge is 0.478 e. The van der Waals surface area contributed by atoms with Crippen molar-refractivity contribution in [3.63, 3.8) is 0 Å². The summed E-state index contributed by atoms with van der Waals surface area (Å²) in [5, 5.41) is 16.0. The highest BCUT2D eigenvalue weighted by atomic mass is 33.1. The van der Waals surface area contributed by atoms with E-state index < -0.39 is 23.8 Å². The Morgan fingerprint density at radius 3 is 0.826 bits per heavy atom. The highest BCUT2D eigenvalue weighted by Gasteiger charge is 2.26. The van der Waals surface area contributed by atoms with Gasteiger partial charge in [0.2, 0.25) is 0 Å². The normalized spacial score (nSPS) is 17.3. The van der Waals surface area contributed by atoms with Gasteiger partial charge in [0.1, 0.15) is 51.2 Å². The Labute approximate surface area is 824 Å². The summed E-state index contributed by atoms with van der Waals surface area (Å²) in [5.41, 5.74) is 6.88. The summed E-state index contributed by atoms with van der Waals surface area (Å²) in [6.45, 7) is 2.03. The maximum atomic E-state index is 12.1. The van der Waals surface area contributed by atoms with Crippen molar-refractivity contribution in [3.05, 3.63) is 179 Å². The highest BCUT2D eigenvalue weighted by molar-refractivity contribution is 8.78. The number of esters is 8. The average Bonchev–Trinajstić information content (AvgIpc) is 1.81. The fourth-order valence-electron chi connectivity index (χ4n) is 13.4. The molecule has 6 fully saturated rings. The number of hydrogen-bond donors (Lipinski definition) is 3. The van der Waals surface area contributed by atoms with Crippen LogP contribution in [0.4, 0.5) is 0 Å². The monoisotopic (exact) mass is 2040 g/mol. The summed E-state index contributed by atoms with van der Waals surface area (Å²) >= 11 is 0. The highest BCUT2D eigenvalue weighted by Crippen LogP contribution is 2.45. The zero-order chi connectivity index (χ0) is 94.9. The average molecular weight is 2040 g/mol. The molecule has 0 aliphatic carbocycles. The van der Waals surface area contributed by atoms with Crippen molar-refractivity contribution in [2.45, 2.75) is 231 Å². The van der Waals surface area contributed by atoms with Gasteiger partial charge in [-0.3, -0.25) is 43.2 Å². The Morgan fingerprint density at radius 2 is 0.576 bits per heavy atom. The van der Waals surface area contributed by atoms with Crippen molar-refractivity contribution < 1.29 is 101 Å². The smallest absolute Gasteiger partial charge is 0.341 e. The van der Waals surface area contributed by atoms with Crippen LogP contribution in [0.1, 0.15) is 262 Å². The van der Waals surface area contributed by atoms with Crippen LogP contribution in [0.5, 0.6) is 34.5 Å². The molecule has 0 radical (unpaired) electrons. The molecule has 6 aliphatic rings. The standard InChI is InChI=1S/C17H23NO3S2.C17H22O4S2.C16H21NO3S2.C16H20O4S2.C15H19NO3S2.C15H18O4S2/c1-18(2)17(20)14-8-4-5-9-15(14)21-16(19)10-6-3-7-13-11-12-22-23-13;1-2-20-17(19)14-8-4-5-9-15(14)21-16(18)10-6-3-7-13-11-12-22-23-13;1-17-16(19)13-7-3-4-8-14(13)20-15(18)9-5-2-6-12-10-11-21-22-12;1-19-16(18)13-7-3-4-8-14(13)20-15(17)9-5-2-6-12-10-11-21-22-12;16-15(18)12-6-2-3-7-13(12)19-14(17)8-4-1-5-11-9-10-20-21-11;16-14(8-4-1-5-11-9-10-20-21-11)19-13-7-3-2-6-12(13)15(17)18/h4-5,8-9,13H,3,6-7,10-12H2,1-2H3;4-5,8-9,13H,2-3,6-7,10-12H2,1H3;3-4,7-8,12H,2,5-6,9-11H2,1H3,(H,17,19);3-4,7-8,12H,2,5-6,9-11H2,1H3;2-3,6-7,11H,1,4-5,8-10H2,(H2,16,18);2-3,6-7,11H,1,4-5,8-10H2,(H,17,18)/t2*13-;2*12-;2*11-/m000000/s1. The predicted molar refractivity (Wildman–Crippen MR) is 548 cm³/mol. The first-order chi connectivity index (χ1) is 64.0. The maximum absolute atomic E-state index is 12.1. The van der Waals surface area contributed by atoms with Gasteiger partial charge in [-0.25, -0.2) is 14.4 Å². The number of carboxylic acid groups (broad SMARTS) is 1. The van der Waals surface area contributed by atoms with Crippen LogP contribution in [0.2, 0.25) is 0 Å². The second kappa shape index (κ2) is 66.6. The van der Waals surface area contributed by atoms with Crippen molar-refractivity contribution in [1.29, 1.82) is 0 Å². The van der Waals surface area contributed by atoms with Crippen LogP contribution in [0.15, 0.2) is 146 Å². The molecule has 0 spiro atoms. The van der Waals surface area contributed by atoms with E-state index in [4.69, 9.17) is 44.0 Å². The Morgan fingerprint density at radius 1 is 0.341 bits per heavy atom. The fourth-order valence-corrected chi connectivity index (χ4v) is 31.6. The number of carbonyl (C=O) groups is 12. The molecule has 24 nitrogen and oxygen atoms in total. The molecule has 12 rings (SSSR count). The topological polar surface area (TPSA) is 340 Å². The second-order valence-corrected chi connectivity index (χ2v) is 47.7. The van der Waals surface area contributed by atoms with Gasteiger partial charge in [0.05, 0.1) is 30.4 Å². The summed E-state index contributed by atoms with van der Waals surface area (Å²) in [5.74, 6) is 4.15. The lowest BCUT2D eigenvalue weighted by molar-refractivity contribution is -0.135. The summed E-state index contributed by atoms with van der Waals surface area (Å²) in [7, 11) is 29.6. The quantitative estimate of drug-likeness (QED) is 0.0138. The van der Waals surface area contributed by atoms with Crippen LogP contribution < -0.4 is 39.5 Å². The third-order valence-electron chi connectivity index (χ3n) is 20.5. The van der Waals surface area contributed by atoms with Crippen LogP contribution >= 0.6 is 130 Å². The molecular formula is C96H123N3O21S12. The van der Waals surface area contributed by atoms with Gasteiger partial charge >= 0.3 is 53.7 Å². The number of carbonyl (C=O) groups excluding carboxylic acids is 11. The van der Waals surface area contributed by atoms with E-state index in [1.54, 1.807) is 162 Å². The molecule has 0 bridgehead atoms. The first-order valence-corrected chi connectivity index (χ1v) is 59.0. The number of carboxylic acids is 1. The molecule has 6 saturated heterocycles. The molecule has 3 amide bonds. The van der Waals surface area contributed by atoms with E-state index in [2.05, 4.69) is 10.1 Å². The Hall–Kier alpha value is -6.84. The first-order valence-electron chi connectivity index (χ1n) is 44.7. The minimum absolute atomic E-state index is 0.0187. The van der Waals surface area contributed by atoms with Crippen molar-refractivity contribution in [1.82, 2.24) is 10.2 Å². The van der Waals surface area contributed by atoms with Crippen LogP contribution in [0.3, 0.4) is 0 Å². The molecule has 0 saturated carbocycles. The molecule has 4 N–H and O–H groups in total. The van der Waals surface area contributed by atoms with E-state index in [0.29, 0.717) is 73.3 Å². The minimum atomic E-state index is -1.09. The van der Waals surface area contributed by atoms with E-state index in [9.17, 15) is 57.5 Å². The van der Waals surface area contributed by atoms with Crippen LogP contribution in [0.25, 0.3) is 0 Å². The first kappa shape index (κ1) is 112. The summed E-state index contributed by atoms with van der Waals surface area (Å²) in [6.07, 6.45) is 27.9. The molecule has 6 aliphatic heterocycles. The Balaban J connectivity index is 0.000000216. The second-order valence-electron chi connectivity index (χ2n) is 30.9. The zero-order valence-electron chi connectivity index (χ0n) is 75.5. The van der Waals surface area contributed by atoms with Gasteiger partial charge in [0, 0.05) is 126 Å². The van der Waals surface area contributed by atoms with E-state index in [1.165, 1.54) is 110 Å². The van der Waals surface area contributed by atoms with Crippen molar-refractivity contribution in [3.8, 4) is 34.5 Å². The lowest BCUT2D eigenvalue weighted by Gasteiger charge is -2.14. The lowest BCUT2D eigenvalue weighted by atomic mass is 10.1. The molecule has 6 heterocycles. The number of nitrogens with one attached hydrogen (secondary N) is 1. The van der Waals surface area contributed by atoms with E-state index in [-0.39, 0.29) is 87.3 Å². The molecular weight excluding hydrogens is 1920 g/mol. The number of nitrogens with two attached hydrogens (primary N) is 1. The zero-order valence-corrected chi connectivity index (χ0v) is 85.3. The fraction of sp³-hybridized carbons (Fsp3) is 0.500. The molecule has 36 heteroatoms. The van der Waals surface area contributed by atoms with Crippen molar-refractivity contribution in [2.24, 2.45) is 5.73 Å². The van der Waals surface area contributed by atoms with Gasteiger partial charge in [-0.1, -0.05) is 241 Å². The Bertz CT molecular complexity index is 4370. The number of ether oxygens (including phenoxy) is 8. The molecule has 6 aromatic rings. The van der Waals surface area contributed by atoms with Gasteiger partial charge in [0.25, 0.3) is 17.7 Å². The van der Waals surface area contributed by atoms with Crippen LogP contribution in [-0.2, 0) is 38.2 Å². The van der Waals surface area contributed by atoms with Crippen LogP contribution in [0, 0.1) is 0 Å². The molecule has 0 unspecified atom stereocenters. The number of hydrogen-bond acceptors (Lipinski definition) is 32. The number of amides is 3. The predicted octanol–water partition coefficient (Wildman–Crippen LogP) is 23.7. The number of benzene rings is 6. The van der Waals surface area contributed by atoms with Gasteiger partial charge < -0.3 is 59.0 Å². The maximum Gasteiger partial charge on any atom is 0.341 e. The van der Waals surface area contributed by atoms with Crippen molar-refractivity contribution in [2.75, 3.05) is 69.4 Å². The minimum Gasteiger partial charge on any atom is -0.478 e. The number of rotatable bonds is 43. The van der Waals surface area contributed by atoms with Gasteiger partial charge in [0.15, 0.2) is 0 Å². The van der Waals surface area contributed by atoms with E-state index in [1.807, 2.05) is 130 Å². The summed E-state index contributed by atoms with van der Waals surface area (Å²) < 4.78 is 41.4.